The summed E-state index contributed by atoms with van der Waals surface area (Å²) >= 11 is 0. The maximum Gasteiger partial charge on any atom is 0.225 e. The van der Waals surface area contributed by atoms with E-state index in [-0.39, 0.29) is 24.3 Å². The van der Waals surface area contributed by atoms with Crippen molar-refractivity contribution in [2.45, 2.75) is 75.7 Å². The van der Waals surface area contributed by atoms with Gasteiger partial charge in [0.1, 0.15) is 5.82 Å². The molecule has 26 heavy (non-hydrogen) atoms. The lowest BCUT2D eigenvalue weighted by Crippen LogP contribution is -2.38. The summed E-state index contributed by atoms with van der Waals surface area (Å²) in [5.74, 6) is 1.30. The van der Waals surface area contributed by atoms with Crippen LogP contribution in [0, 0.1) is 0 Å². The minimum absolute atomic E-state index is 0.00182. The van der Waals surface area contributed by atoms with Crippen molar-refractivity contribution in [2.75, 3.05) is 10.6 Å². The number of benzene rings is 1. The first-order chi connectivity index (χ1) is 12.7. The Balaban J connectivity index is 1.62. The van der Waals surface area contributed by atoms with Gasteiger partial charge in [-0.1, -0.05) is 37.8 Å². The van der Waals surface area contributed by atoms with Crippen LogP contribution in [0.1, 0.15) is 51.4 Å². The maximum atomic E-state index is 10.3. The molecule has 6 heteroatoms. The summed E-state index contributed by atoms with van der Waals surface area (Å²) in [4.78, 5) is 9.34. The van der Waals surface area contributed by atoms with Crippen molar-refractivity contribution in [3.8, 4) is 0 Å². The number of hydrogen-bond donors (Lipinski definition) is 4. The Hall–Kier alpha value is -1.92. The van der Waals surface area contributed by atoms with Gasteiger partial charge >= 0.3 is 0 Å². The van der Waals surface area contributed by atoms with Gasteiger partial charge in [-0.15, -0.1) is 0 Å². The first-order valence-corrected chi connectivity index (χ1v) is 9.87. The SMILES string of the molecule is O[C@H]1CCCC[C@@H]1Nc1nc(N[C@H]2CCCC[C@@H]2O)c2ccccc2n1. The van der Waals surface area contributed by atoms with E-state index in [4.69, 9.17) is 4.98 Å². The Morgan fingerprint density at radius 1 is 0.769 bits per heavy atom. The fourth-order valence-corrected chi connectivity index (χ4v) is 4.15. The molecule has 4 N–H and O–H groups in total. The molecule has 2 aliphatic carbocycles. The van der Waals surface area contributed by atoms with Gasteiger partial charge in [-0.2, -0.15) is 4.98 Å². The first-order valence-electron chi connectivity index (χ1n) is 9.87. The average Bonchev–Trinajstić information content (AvgIpc) is 2.65. The molecule has 0 amide bonds. The lowest BCUT2D eigenvalue weighted by molar-refractivity contribution is 0.116. The van der Waals surface area contributed by atoms with E-state index in [1.165, 1.54) is 0 Å². The number of nitrogens with one attached hydrogen (secondary N) is 2. The van der Waals surface area contributed by atoms with Crippen LogP contribution in [0.5, 0.6) is 0 Å². The van der Waals surface area contributed by atoms with E-state index in [2.05, 4.69) is 15.6 Å². The van der Waals surface area contributed by atoms with Crippen molar-refractivity contribution in [2.24, 2.45) is 0 Å². The lowest BCUT2D eigenvalue weighted by Gasteiger charge is -2.30. The van der Waals surface area contributed by atoms with Gasteiger partial charge in [0.25, 0.3) is 0 Å². The second kappa shape index (κ2) is 7.76. The van der Waals surface area contributed by atoms with E-state index in [1.54, 1.807) is 0 Å². The van der Waals surface area contributed by atoms with Gasteiger partial charge in [-0.05, 0) is 37.8 Å². The fourth-order valence-electron chi connectivity index (χ4n) is 4.15. The molecule has 1 heterocycles. The summed E-state index contributed by atoms with van der Waals surface area (Å²) in [6.45, 7) is 0. The van der Waals surface area contributed by atoms with E-state index in [9.17, 15) is 10.2 Å². The molecule has 6 nitrogen and oxygen atoms in total. The van der Waals surface area contributed by atoms with E-state index in [0.29, 0.717) is 5.95 Å². The number of hydrogen-bond acceptors (Lipinski definition) is 6. The first kappa shape index (κ1) is 17.5. The Kier molecular flexibility index (Phi) is 5.22. The van der Waals surface area contributed by atoms with Gasteiger partial charge in [0.05, 0.1) is 29.8 Å². The Labute approximate surface area is 154 Å². The molecule has 0 bridgehead atoms. The highest BCUT2D eigenvalue weighted by Gasteiger charge is 2.26. The predicted octanol–water partition coefficient (Wildman–Crippen LogP) is 3.06. The topological polar surface area (TPSA) is 90.3 Å². The smallest absolute Gasteiger partial charge is 0.225 e. The van der Waals surface area contributed by atoms with E-state index < -0.39 is 0 Å². The van der Waals surface area contributed by atoms with Crippen LogP contribution >= 0.6 is 0 Å². The van der Waals surface area contributed by atoms with Crippen LogP contribution in [0.2, 0.25) is 0 Å². The van der Waals surface area contributed by atoms with Crippen molar-refractivity contribution in [1.29, 1.82) is 0 Å². The normalized spacial score (nSPS) is 29.5. The molecule has 2 aliphatic rings. The zero-order chi connectivity index (χ0) is 17.9. The molecule has 4 atom stereocenters. The molecule has 1 aromatic heterocycles. The fraction of sp³-hybridized carbons (Fsp3) is 0.600. The van der Waals surface area contributed by atoms with Crippen molar-refractivity contribution < 1.29 is 10.2 Å². The average molecular weight is 356 g/mol. The predicted molar refractivity (Wildman–Crippen MR) is 103 cm³/mol. The molecule has 0 aliphatic heterocycles. The van der Waals surface area contributed by atoms with E-state index >= 15 is 0 Å². The molecule has 4 rings (SSSR count). The van der Waals surface area contributed by atoms with Gasteiger partial charge in [0, 0.05) is 5.39 Å². The number of aliphatic hydroxyl groups is 2. The molecule has 0 saturated heterocycles. The van der Waals surface area contributed by atoms with Gasteiger partial charge in [0.15, 0.2) is 0 Å². The monoisotopic (exact) mass is 356 g/mol. The highest BCUT2D eigenvalue weighted by atomic mass is 16.3. The van der Waals surface area contributed by atoms with Crippen molar-refractivity contribution in [3.05, 3.63) is 24.3 Å². The number of fused-ring (bicyclic) bond motifs is 1. The van der Waals surface area contributed by atoms with Gasteiger partial charge in [0.2, 0.25) is 5.95 Å². The standard InChI is InChI=1S/C20H28N4O2/c25-17-11-5-3-9-15(17)21-19-13-7-1-2-8-14(13)22-20(24-19)23-16-10-4-6-12-18(16)26/h1-2,7-8,15-18,25-26H,3-6,9-12H2,(H2,21,22,23,24)/t15-,16-,17-,18-/m0/s1. The molecule has 1 aromatic carbocycles. The molecule has 2 fully saturated rings. The minimum Gasteiger partial charge on any atom is -0.391 e. The number of nitrogens with zero attached hydrogens (tertiary/aromatic N) is 2. The number of anilines is 2. The molecular weight excluding hydrogens is 328 g/mol. The highest BCUT2D eigenvalue weighted by Crippen LogP contribution is 2.28. The van der Waals surface area contributed by atoms with Crippen LogP contribution in [0.3, 0.4) is 0 Å². The number of aromatic nitrogens is 2. The second-order valence-corrected chi connectivity index (χ2v) is 7.62. The third kappa shape index (κ3) is 3.76. The summed E-state index contributed by atoms with van der Waals surface area (Å²) < 4.78 is 0. The summed E-state index contributed by atoms with van der Waals surface area (Å²) in [5, 5.41) is 28.3. The number of para-hydroxylation sites is 1. The summed E-state index contributed by atoms with van der Waals surface area (Å²) in [7, 11) is 0. The molecule has 2 saturated carbocycles. The van der Waals surface area contributed by atoms with Crippen LogP contribution in [0.15, 0.2) is 24.3 Å². The third-order valence-electron chi connectivity index (χ3n) is 5.70. The largest absolute Gasteiger partial charge is 0.391 e. The summed E-state index contributed by atoms with van der Waals surface area (Å²) in [5.41, 5.74) is 0.864. The Morgan fingerprint density at radius 2 is 1.38 bits per heavy atom. The minimum atomic E-state index is -0.351. The van der Waals surface area contributed by atoms with Crippen molar-refractivity contribution in [1.82, 2.24) is 9.97 Å². The van der Waals surface area contributed by atoms with Crippen LogP contribution < -0.4 is 10.6 Å². The van der Waals surface area contributed by atoms with Crippen LogP contribution in [0.4, 0.5) is 11.8 Å². The van der Waals surface area contributed by atoms with E-state index in [0.717, 1.165) is 68.1 Å². The van der Waals surface area contributed by atoms with Gasteiger partial charge in [-0.25, -0.2) is 4.98 Å². The van der Waals surface area contributed by atoms with Crippen LogP contribution in [0.25, 0.3) is 10.9 Å². The molecule has 140 valence electrons. The zero-order valence-electron chi connectivity index (χ0n) is 15.1. The molecule has 0 radical (unpaired) electrons. The maximum absolute atomic E-state index is 10.3. The molecule has 2 aromatic rings. The molecular formula is C20H28N4O2. The second-order valence-electron chi connectivity index (χ2n) is 7.62. The number of aliphatic hydroxyl groups excluding tert-OH is 2. The summed E-state index contributed by atoms with van der Waals surface area (Å²) in [6.07, 6.45) is 7.24. The highest BCUT2D eigenvalue weighted by molar-refractivity contribution is 5.90. The van der Waals surface area contributed by atoms with Gasteiger partial charge in [-0.3, -0.25) is 0 Å². The molecule has 0 unspecified atom stereocenters. The van der Waals surface area contributed by atoms with Crippen molar-refractivity contribution in [3.63, 3.8) is 0 Å². The van der Waals surface area contributed by atoms with Crippen LogP contribution in [-0.4, -0.2) is 44.5 Å². The number of rotatable bonds is 4. The third-order valence-corrected chi connectivity index (χ3v) is 5.70. The molecule has 0 spiro atoms. The van der Waals surface area contributed by atoms with Gasteiger partial charge < -0.3 is 20.8 Å². The quantitative estimate of drug-likeness (QED) is 0.673. The Bertz CT molecular complexity index is 754. The zero-order valence-corrected chi connectivity index (χ0v) is 15.1. The Morgan fingerprint density at radius 3 is 2.08 bits per heavy atom. The van der Waals surface area contributed by atoms with Crippen molar-refractivity contribution >= 4 is 22.7 Å². The lowest BCUT2D eigenvalue weighted by atomic mass is 9.92. The van der Waals surface area contributed by atoms with Crippen LogP contribution in [-0.2, 0) is 0 Å². The van der Waals surface area contributed by atoms with E-state index in [1.807, 2.05) is 24.3 Å². The summed E-state index contributed by atoms with van der Waals surface area (Å²) in [6, 6.07) is 7.95.